The molecule has 0 radical (unpaired) electrons. The predicted molar refractivity (Wildman–Crippen MR) is 114 cm³/mol. The molecule has 0 spiro atoms. The average molecular weight is 387 g/mol. The van der Waals surface area contributed by atoms with Crippen LogP contribution >= 0.6 is 0 Å². The summed E-state index contributed by atoms with van der Waals surface area (Å²) in [5, 5.41) is 2.96. The van der Waals surface area contributed by atoms with Crippen molar-refractivity contribution >= 4 is 12.2 Å². The molecule has 1 N–H and O–H groups in total. The molecule has 0 heterocycles. The van der Waals surface area contributed by atoms with Crippen molar-refractivity contribution in [2.75, 3.05) is 6.54 Å². The molecule has 0 aliphatic heterocycles. The second-order valence-electron chi connectivity index (χ2n) is 6.93. The first kappa shape index (κ1) is 20.3. The van der Waals surface area contributed by atoms with E-state index in [4.69, 9.17) is 4.74 Å². The van der Waals surface area contributed by atoms with Crippen LogP contribution in [-0.2, 0) is 17.8 Å². The van der Waals surface area contributed by atoms with Gasteiger partial charge in [0.25, 0.3) is 0 Å². The fourth-order valence-electron chi connectivity index (χ4n) is 3.13. The zero-order chi connectivity index (χ0) is 20.5. The van der Waals surface area contributed by atoms with Gasteiger partial charge in [-0.25, -0.2) is 0 Å². The van der Waals surface area contributed by atoms with Gasteiger partial charge >= 0.3 is 0 Å². The standard InChI is InChI=1S/C25H25NO3/c1-19(25(28)26-15-14-20-8-4-2-5-9-20)24-16-23(13-12-22(24)17-27)29-18-21-10-6-3-7-11-21/h2-13,16-17,19H,14-15,18H2,1H3,(H,26,28). The molecule has 1 atom stereocenters. The smallest absolute Gasteiger partial charge is 0.227 e. The minimum absolute atomic E-state index is 0.107. The van der Waals surface area contributed by atoms with Crippen LogP contribution in [0.4, 0.5) is 0 Å². The van der Waals surface area contributed by atoms with E-state index in [1.54, 1.807) is 25.1 Å². The summed E-state index contributed by atoms with van der Waals surface area (Å²) in [6.45, 7) is 2.79. The Morgan fingerprint density at radius 2 is 1.62 bits per heavy atom. The normalized spacial score (nSPS) is 11.5. The summed E-state index contributed by atoms with van der Waals surface area (Å²) < 4.78 is 5.85. The lowest BCUT2D eigenvalue weighted by molar-refractivity contribution is -0.122. The number of amides is 1. The van der Waals surface area contributed by atoms with E-state index in [0.29, 0.717) is 30.0 Å². The molecule has 29 heavy (non-hydrogen) atoms. The lowest BCUT2D eigenvalue weighted by Crippen LogP contribution is -2.30. The van der Waals surface area contributed by atoms with Gasteiger partial charge in [-0.05, 0) is 48.2 Å². The summed E-state index contributed by atoms with van der Waals surface area (Å²) in [5.41, 5.74) is 3.40. The fourth-order valence-corrected chi connectivity index (χ4v) is 3.13. The van der Waals surface area contributed by atoms with Gasteiger partial charge in [0.2, 0.25) is 5.91 Å². The molecule has 1 amide bonds. The number of benzene rings is 3. The predicted octanol–water partition coefficient (Wildman–Crippen LogP) is 4.54. The van der Waals surface area contributed by atoms with Gasteiger partial charge in [0.05, 0.1) is 5.92 Å². The van der Waals surface area contributed by atoms with Crippen LogP contribution in [0.5, 0.6) is 5.75 Å². The first-order valence-corrected chi connectivity index (χ1v) is 9.75. The Morgan fingerprint density at radius 1 is 0.966 bits per heavy atom. The summed E-state index contributed by atoms with van der Waals surface area (Å²) in [5.74, 6) is 0.0777. The number of carbonyl (C=O) groups excluding carboxylic acids is 2. The Bertz CT molecular complexity index is 939. The van der Waals surface area contributed by atoms with Gasteiger partial charge in [-0.1, -0.05) is 60.7 Å². The molecule has 148 valence electrons. The molecule has 4 nitrogen and oxygen atoms in total. The van der Waals surface area contributed by atoms with Gasteiger partial charge in [-0.2, -0.15) is 0 Å². The molecule has 0 bridgehead atoms. The van der Waals surface area contributed by atoms with E-state index in [-0.39, 0.29) is 5.91 Å². The number of rotatable bonds is 9. The topological polar surface area (TPSA) is 55.4 Å². The third-order valence-corrected chi connectivity index (χ3v) is 4.85. The van der Waals surface area contributed by atoms with E-state index in [2.05, 4.69) is 5.32 Å². The minimum Gasteiger partial charge on any atom is -0.489 e. The van der Waals surface area contributed by atoms with Gasteiger partial charge in [-0.15, -0.1) is 0 Å². The Labute approximate surface area is 171 Å². The number of ether oxygens (including phenoxy) is 1. The van der Waals surface area contributed by atoms with Crippen molar-refractivity contribution < 1.29 is 14.3 Å². The Kier molecular flexibility index (Phi) is 7.17. The zero-order valence-corrected chi connectivity index (χ0v) is 16.5. The minimum atomic E-state index is -0.453. The first-order valence-electron chi connectivity index (χ1n) is 9.75. The number of aldehydes is 1. The van der Waals surface area contributed by atoms with Gasteiger partial charge < -0.3 is 10.1 Å². The molecule has 0 aliphatic rings. The van der Waals surface area contributed by atoms with Gasteiger partial charge in [0.15, 0.2) is 0 Å². The molecule has 0 fully saturated rings. The van der Waals surface area contributed by atoms with Crippen LogP contribution < -0.4 is 10.1 Å². The Hall–Kier alpha value is -3.40. The largest absolute Gasteiger partial charge is 0.489 e. The fraction of sp³-hybridized carbons (Fsp3) is 0.200. The van der Waals surface area contributed by atoms with Crippen molar-refractivity contribution in [3.05, 3.63) is 101 Å². The van der Waals surface area contributed by atoms with Crippen molar-refractivity contribution in [1.29, 1.82) is 0 Å². The van der Waals surface area contributed by atoms with Crippen LogP contribution in [0.25, 0.3) is 0 Å². The van der Waals surface area contributed by atoms with Gasteiger partial charge in [0, 0.05) is 12.1 Å². The van der Waals surface area contributed by atoms with Crippen molar-refractivity contribution in [2.45, 2.75) is 25.9 Å². The highest BCUT2D eigenvalue weighted by Crippen LogP contribution is 2.25. The highest BCUT2D eigenvalue weighted by Gasteiger charge is 2.19. The summed E-state index contributed by atoms with van der Waals surface area (Å²) in [6.07, 6.45) is 1.55. The van der Waals surface area contributed by atoms with Crippen LogP contribution in [-0.4, -0.2) is 18.7 Å². The number of carbonyl (C=O) groups is 2. The third-order valence-electron chi connectivity index (χ3n) is 4.85. The van der Waals surface area contributed by atoms with E-state index in [1.807, 2.05) is 60.7 Å². The van der Waals surface area contributed by atoms with Crippen LogP contribution in [0, 0.1) is 0 Å². The van der Waals surface area contributed by atoms with E-state index < -0.39 is 5.92 Å². The first-order chi connectivity index (χ1) is 14.2. The molecule has 4 heteroatoms. The molecular formula is C25H25NO3. The van der Waals surface area contributed by atoms with E-state index in [0.717, 1.165) is 18.3 Å². The Balaban J connectivity index is 1.63. The van der Waals surface area contributed by atoms with Crippen molar-refractivity contribution in [2.24, 2.45) is 0 Å². The quantitative estimate of drug-likeness (QED) is 0.549. The summed E-state index contributed by atoms with van der Waals surface area (Å²) in [6, 6.07) is 25.1. The maximum absolute atomic E-state index is 12.6. The third kappa shape index (κ3) is 5.79. The van der Waals surface area contributed by atoms with Crippen LogP contribution in [0.3, 0.4) is 0 Å². The molecule has 3 rings (SSSR count). The molecular weight excluding hydrogens is 362 g/mol. The molecule has 0 saturated heterocycles. The lowest BCUT2D eigenvalue weighted by Gasteiger charge is -2.16. The van der Waals surface area contributed by atoms with E-state index in [9.17, 15) is 9.59 Å². The summed E-state index contributed by atoms with van der Waals surface area (Å²) in [7, 11) is 0. The number of hydrogen-bond acceptors (Lipinski definition) is 3. The van der Waals surface area contributed by atoms with Gasteiger partial charge in [-0.3, -0.25) is 9.59 Å². The molecule has 1 unspecified atom stereocenters. The van der Waals surface area contributed by atoms with Crippen LogP contribution in [0.2, 0.25) is 0 Å². The molecule has 0 aromatic heterocycles. The highest BCUT2D eigenvalue weighted by molar-refractivity contribution is 5.88. The second kappa shape index (κ2) is 10.2. The SMILES string of the molecule is CC(C(=O)NCCc1ccccc1)c1cc(OCc2ccccc2)ccc1C=O. The highest BCUT2D eigenvalue weighted by atomic mass is 16.5. The summed E-state index contributed by atoms with van der Waals surface area (Å²) >= 11 is 0. The number of nitrogens with one attached hydrogen (secondary N) is 1. The monoisotopic (exact) mass is 387 g/mol. The zero-order valence-electron chi connectivity index (χ0n) is 16.5. The maximum atomic E-state index is 12.6. The summed E-state index contributed by atoms with van der Waals surface area (Å²) in [4.78, 5) is 24.1. The molecule has 0 saturated carbocycles. The number of hydrogen-bond donors (Lipinski definition) is 1. The lowest BCUT2D eigenvalue weighted by atomic mass is 9.95. The molecule has 3 aromatic carbocycles. The Morgan fingerprint density at radius 3 is 2.28 bits per heavy atom. The van der Waals surface area contributed by atoms with Crippen molar-refractivity contribution in [3.8, 4) is 5.75 Å². The van der Waals surface area contributed by atoms with E-state index in [1.165, 1.54) is 5.56 Å². The molecule has 3 aromatic rings. The van der Waals surface area contributed by atoms with Crippen molar-refractivity contribution in [1.82, 2.24) is 5.32 Å². The van der Waals surface area contributed by atoms with Crippen molar-refractivity contribution in [3.63, 3.8) is 0 Å². The van der Waals surface area contributed by atoms with Crippen LogP contribution in [0.15, 0.2) is 78.9 Å². The van der Waals surface area contributed by atoms with Crippen LogP contribution in [0.1, 0.15) is 39.9 Å². The maximum Gasteiger partial charge on any atom is 0.227 e. The molecule has 0 aliphatic carbocycles. The van der Waals surface area contributed by atoms with Gasteiger partial charge in [0.1, 0.15) is 18.6 Å². The van der Waals surface area contributed by atoms with E-state index >= 15 is 0 Å². The second-order valence-corrected chi connectivity index (χ2v) is 6.93. The average Bonchev–Trinajstić information content (AvgIpc) is 2.78.